The normalized spacial score (nSPS) is 24.6. The first-order chi connectivity index (χ1) is 9.78. The number of hydrogen-bond acceptors (Lipinski definition) is 5. The maximum Gasteiger partial charge on any atom is 0.231 e. The number of carbonyl (C=O) groups excluding carboxylic acids is 1. The number of nitrogens with zero attached hydrogens (tertiary/aromatic N) is 3. The van der Waals surface area contributed by atoms with E-state index in [9.17, 15) is 4.79 Å². The van der Waals surface area contributed by atoms with E-state index in [0.717, 1.165) is 37.4 Å². The molecule has 0 N–H and O–H groups in total. The van der Waals surface area contributed by atoms with Crippen LogP contribution in [0, 0.1) is 0 Å². The molecule has 5 nitrogen and oxygen atoms in total. The second kappa shape index (κ2) is 6.16. The Morgan fingerprint density at radius 3 is 2.90 bits per heavy atom. The van der Waals surface area contributed by atoms with Crippen molar-refractivity contribution in [1.82, 2.24) is 15.0 Å². The van der Waals surface area contributed by atoms with E-state index in [1.165, 1.54) is 12.8 Å². The van der Waals surface area contributed by atoms with Crippen LogP contribution >= 0.6 is 11.8 Å². The highest BCUT2D eigenvalue weighted by molar-refractivity contribution is 7.97. The number of likely N-dealkylation sites (tertiary alicyclic amines) is 1. The lowest BCUT2D eigenvalue weighted by Crippen LogP contribution is -2.44. The minimum Gasteiger partial charge on any atom is -0.339 e. The third-order valence-corrected chi connectivity index (χ3v) is 4.86. The Labute approximate surface area is 123 Å². The minimum atomic E-state index is 0.219. The molecule has 0 aromatic carbocycles. The number of amides is 1. The molecule has 1 aliphatic heterocycles. The summed E-state index contributed by atoms with van der Waals surface area (Å²) in [6.45, 7) is 0.754. The van der Waals surface area contributed by atoms with E-state index in [1.54, 1.807) is 11.8 Å². The van der Waals surface area contributed by atoms with Crippen LogP contribution in [0.4, 0.5) is 0 Å². The molecule has 1 atom stereocenters. The first-order valence-electron chi connectivity index (χ1n) is 7.39. The molecule has 6 heteroatoms. The van der Waals surface area contributed by atoms with Gasteiger partial charge in [0, 0.05) is 19.0 Å². The van der Waals surface area contributed by atoms with Gasteiger partial charge in [-0.05, 0) is 25.5 Å². The summed E-state index contributed by atoms with van der Waals surface area (Å²) in [7, 11) is 0. The Hall–Kier alpha value is -1.04. The Kier molecular flexibility index (Phi) is 4.29. The highest BCUT2D eigenvalue weighted by Gasteiger charge is 2.35. The van der Waals surface area contributed by atoms with Gasteiger partial charge in [0.25, 0.3) is 0 Å². The summed E-state index contributed by atoms with van der Waals surface area (Å²) in [6.07, 6.45) is 8.27. The van der Waals surface area contributed by atoms with Crippen LogP contribution in [0.1, 0.15) is 56.2 Å². The molecule has 110 valence electrons. The monoisotopic (exact) mass is 295 g/mol. The molecule has 1 aromatic rings. The Morgan fingerprint density at radius 1 is 1.35 bits per heavy atom. The van der Waals surface area contributed by atoms with Crippen LogP contribution in [0.3, 0.4) is 0 Å². The summed E-state index contributed by atoms with van der Waals surface area (Å²) in [4.78, 5) is 18.7. The fourth-order valence-electron chi connectivity index (χ4n) is 3.26. The van der Waals surface area contributed by atoms with E-state index < -0.39 is 0 Å². The van der Waals surface area contributed by atoms with Gasteiger partial charge < -0.3 is 9.42 Å². The molecule has 2 heterocycles. The predicted molar refractivity (Wildman–Crippen MR) is 77.5 cm³/mol. The lowest BCUT2D eigenvalue weighted by molar-refractivity contribution is -0.136. The molecular weight excluding hydrogens is 274 g/mol. The van der Waals surface area contributed by atoms with Crippen molar-refractivity contribution in [2.75, 3.05) is 12.8 Å². The van der Waals surface area contributed by atoms with Gasteiger partial charge in [-0.25, -0.2) is 0 Å². The van der Waals surface area contributed by atoms with Gasteiger partial charge in [0.05, 0.1) is 11.7 Å². The maximum absolute atomic E-state index is 12.1. The van der Waals surface area contributed by atoms with Crippen molar-refractivity contribution in [3.05, 3.63) is 11.7 Å². The summed E-state index contributed by atoms with van der Waals surface area (Å²) in [6, 6.07) is 0.443. The molecule has 0 radical (unpaired) electrons. The lowest BCUT2D eigenvalue weighted by atomic mass is 9.95. The fourth-order valence-corrected chi connectivity index (χ4v) is 3.64. The fraction of sp³-hybridized carbons (Fsp3) is 0.786. The van der Waals surface area contributed by atoms with Crippen molar-refractivity contribution >= 4 is 17.7 Å². The molecule has 0 bridgehead atoms. The smallest absolute Gasteiger partial charge is 0.231 e. The quantitative estimate of drug-likeness (QED) is 0.854. The molecular formula is C14H21N3O2S. The molecule has 1 saturated heterocycles. The van der Waals surface area contributed by atoms with Gasteiger partial charge in [-0.3, -0.25) is 4.79 Å². The Balaban J connectivity index is 1.68. The Morgan fingerprint density at radius 2 is 2.15 bits per heavy atom. The summed E-state index contributed by atoms with van der Waals surface area (Å²) < 4.78 is 5.39. The van der Waals surface area contributed by atoms with Crippen LogP contribution < -0.4 is 0 Å². The number of hydrogen-bond donors (Lipinski definition) is 0. The molecule has 2 aliphatic rings. The molecule has 1 aromatic heterocycles. The van der Waals surface area contributed by atoms with Crippen LogP contribution in [0.5, 0.6) is 0 Å². The standard InChI is InChI=1S/C14H21N3O2S/c1-20-9-12-15-14(19-16-12)10-6-7-13(18)17(8-10)11-4-2-3-5-11/h10-11H,2-9H2,1H3/t10-/m1/s1. The average molecular weight is 295 g/mol. The van der Waals surface area contributed by atoms with E-state index in [2.05, 4.69) is 15.0 Å². The van der Waals surface area contributed by atoms with Gasteiger partial charge >= 0.3 is 0 Å². The molecule has 0 spiro atoms. The van der Waals surface area contributed by atoms with E-state index in [4.69, 9.17) is 4.52 Å². The zero-order valence-corrected chi connectivity index (χ0v) is 12.7. The van der Waals surface area contributed by atoms with E-state index in [1.807, 2.05) is 6.26 Å². The van der Waals surface area contributed by atoms with Gasteiger partial charge in [-0.1, -0.05) is 18.0 Å². The van der Waals surface area contributed by atoms with Gasteiger partial charge in [-0.2, -0.15) is 16.7 Å². The zero-order valence-electron chi connectivity index (χ0n) is 11.9. The molecule has 1 saturated carbocycles. The van der Waals surface area contributed by atoms with Crippen LogP contribution in [0.25, 0.3) is 0 Å². The SMILES string of the molecule is CSCc1noc([C@@H]2CCC(=O)N(C3CCCC3)C2)n1. The zero-order chi connectivity index (χ0) is 13.9. The van der Waals surface area contributed by atoms with Crippen LogP contribution in [0.2, 0.25) is 0 Å². The molecule has 0 unspecified atom stereocenters. The molecule has 1 aliphatic carbocycles. The summed E-state index contributed by atoms with van der Waals surface area (Å²) in [5, 5.41) is 4.01. The number of piperidine rings is 1. The van der Waals surface area contributed by atoms with Gasteiger partial charge in [0.15, 0.2) is 5.82 Å². The largest absolute Gasteiger partial charge is 0.339 e. The van der Waals surface area contributed by atoms with E-state index >= 15 is 0 Å². The third-order valence-electron chi connectivity index (χ3n) is 4.32. The summed E-state index contributed by atoms with van der Waals surface area (Å²) >= 11 is 1.69. The maximum atomic E-state index is 12.1. The number of thioether (sulfide) groups is 1. The average Bonchev–Trinajstić information content (AvgIpc) is 3.11. The summed E-state index contributed by atoms with van der Waals surface area (Å²) in [5.41, 5.74) is 0. The third kappa shape index (κ3) is 2.85. The first-order valence-corrected chi connectivity index (χ1v) is 8.78. The van der Waals surface area contributed by atoms with Crippen molar-refractivity contribution in [3.8, 4) is 0 Å². The molecule has 2 fully saturated rings. The van der Waals surface area contributed by atoms with Crippen molar-refractivity contribution in [1.29, 1.82) is 0 Å². The predicted octanol–water partition coefficient (Wildman–Crippen LogP) is 2.58. The van der Waals surface area contributed by atoms with E-state index in [0.29, 0.717) is 24.3 Å². The van der Waals surface area contributed by atoms with Crippen LogP contribution in [-0.2, 0) is 10.5 Å². The highest BCUT2D eigenvalue weighted by Crippen LogP contribution is 2.32. The van der Waals surface area contributed by atoms with Crippen molar-refractivity contribution in [2.45, 2.75) is 56.2 Å². The van der Waals surface area contributed by atoms with Crippen molar-refractivity contribution in [2.24, 2.45) is 0 Å². The first kappa shape index (κ1) is 13.9. The summed E-state index contributed by atoms with van der Waals surface area (Å²) in [5.74, 6) is 2.77. The number of rotatable bonds is 4. The number of aromatic nitrogens is 2. The van der Waals surface area contributed by atoms with Crippen molar-refractivity contribution in [3.63, 3.8) is 0 Å². The molecule has 3 rings (SSSR count). The minimum absolute atomic E-state index is 0.219. The van der Waals surface area contributed by atoms with Gasteiger partial charge in [0.2, 0.25) is 11.8 Å². The molecule has 1 amide bonds. The van der Waals surface area contributed by atoms with E-state index in [-0.39, 0.29) is 5.92 Å². The van der Waals surface area contributed by atoms with Gasteiger partial charge in [-0.15, -0.1) is 0 Å². The van der Waals surface area contributed by atoms with Crippen molar-refractivity contribution < 1.29 is 9.32 Å². The lowest BCUT2D eigenvalue weighted by Gasteiger charge is -2.35. The number of carbonyl (C=O) groups is 1. The highest BCUT2D eigenvalue weighted by atomic mass is 32.2. The molecule has 20 heavy (non-hydrogen) atoms. The topological polar surface area (TPSA) is 59.2 Å². The van der Waals surface area contributed by atoms with Crippen LogP contribution in [0.15, 0.2) is 4.52 Å². The Bertz CT molecular complexity index is 471. The second-order valence-corrected chi connectivity index (χ2v) is 6.57. The van der Waals surface area contributed by atoms with Crippen LogP contribution in [-0.4, -0.2) is 39.8 Å². The second-order valence-electron chi connectivity index (χ2n) is 5.70. The van der Waals surface area contributed by atoms with Gasteiger partial charge in [0.1, 0.15) is 0 Å².